The smallest absolute Gasteiger partial charge is 0.245 e. The van der Waals surface area contributed by atoms with Crippen LogP contribution in [0, 0.1) is 19.8 Å². The van der Waals surface area contributed by atoms with Gasteiger partial charge in [0.1, 0.15) is 10.6 Å². The lowest BCUT2D eigenvalue weighted by Gasteiger charge is -2.16. The van der Waals surface area contributed by atoms with Crippen LogP contribution in [0.4, 0.5) is 5.69 Å². The molecule has 0 spiro atoms. The van der Waals surface area contributed by atoms with E-state index in [-0.39, 0.29) is 29.0 Å². The minimum Gasteiger partial charge on any atom is -0.360 e. The first kappa shape index (κ1) is 16.7. The van der Waals surface area contributed by atoms with Crippen molar-refractivity contribution in [1.29, 1.82) is 0 Å². The maximum absolute atomic E-state index is 12.4. The lowest BCUT2D eigenvalue weighted by Crippen LogP contribution is -2.31. The average Bonchev–Trinajstić information content (AvgIpc) is 3.09. The first-order valence-electron chi connectivity index (χ1n) is 7.66. The van der Waals surface area contributed by atoms with E-state index < -0.39 is 10.0 Å². The van der Waals surface area contributed by atoms with Gasteiger partial charge in [-0.25, -0.2) is 13.1 Å². The molecule has 1 aromatic carbocycles. The van der Waals surface area contributed by atoms with E-state index >= 15 is 0 Å². The van der Waals surface area contributed by atoms with Crippen LogP contribution in [0.1, 0.15) is 17.9 Å². The highest BCUT2D eigenvalue weighted by Crippen LogP contribution is 2.25. The third-order valence-corrected chi connectivity index (χ3v) is 5.74. The van der Waals surface area contributed by atoms with Gasteiger partial charge in [0.25, 0.3) is 0 Å². The Hall–Kier alpha value is -2.19. The van der Waals surface area contributed by atoms with Crippen molar-refractivity contribution in [2.24, 2.45) is 5.92 Å². The first-order valence-corrected chi connectivity index (χ1v) is 9.15. The number of carbonyl (C=O) groups excluding carboxylic acids is 1. The third-order valence-electron chi connectivity index (χ3n) is 4.07. The number of benzene rings is 1. The van der Waals surface area contributed by atoms with E-state index in [2.05, 4.69) is 9.88 Å². The largest absolute Gasteiger partial charge is 0.360 e. The zero-order valence-electron chi connectivity index (χ0n) is 13.5. The van der Waals surface area contributed by atoms with Crippen molar-refractivity contribution in [3.8, 4) is 0 Å². The number of sulfonamides is 1. The summed E-state index contributed by atoms with van der Waals surface area (Å²) >= 11 is 0. The molecule has 1 aliphatic heterocycles. The molecule has 7 nitrogen and oxygen atoms in total. The molecule has 2 aromatic rings. The molecule has 0 bridgehead atoms. The predicted molar refractivity (Wildman–Crippen MR) is 88.1 cm³/mol. The quantitative estimate of drug-likeness (QED) is 0.885. The second kappa shape index (κ2) is 6.37. The third kappa shape index (κ3) is 3.20. The summed E-state index contributed by atoms with van der Waals surface area (Å²) < 4.78 is 32.3. The molecule has 1 aromatic heterocycles. The number of amides is 1. The van der Waals surface area contributed by atoms with Crippen LogP contribution in [0.2, 0.25) is 0 Å². The predicted octanol–water partition coefficient (Wildman–Crippen LogP) is 1.62. The molecule has 0 radical (unpaired) electrons. The zero-order chi connectivity index (χ0) is 17.3. The van der Waals surface area contributed by atoms with Gasteiger partial charge in [-0.05, 0) is 31.9 Å². The van der Waals surface area contributed by atoms with Gasteiger partial charge >= 0.3 is 0 Å². The molecule has 1 aliphatic rings. The van der Waals surface area contributed by atoms with Crippen LogP contribution in [0.25, 0.3) is 0 Å². The molecule has 0 saturated carbocycles. The molecule has 24 heavy (non-hydrogen) atoms. The van der Waals surface area contributed by atoms with Crippen molar-refractivity contribution in [3.05, 3.63) is 41.8 Å². The van der Waals surface area contributed by atoms with Gasteiger partial charge in [0, 0.05) is 25.2 Å². The van der Waals surface area contributed by atoms with Crippen molar-refractivity contribution >= 4 is 21.6 Å². The molecule has 0 aliphatic carbocycles. The van der Waals surface area contributed by atoms with Gasteiger partial charge in [0.05, 0.1) is 0 Å². The summed E-state index contributed by atoms with van der Waals surface area (Å²) in [6.07, 6.45) is 0.318. The van der Waals surface area contributed by atoms with Gasteiger partial charge in [0.2, 0.25) is 15.9 Å². The van der Waals surface area contributed by atoms with Gasteiger partial charge in [-0.15, -0.1) is 0 Å². The fraction of sp³-hybridized carbons (Fsp3) is 0.375. The number of nitrogens with one attached hydrogen (secondary N) is 1. The second-order valence-electron chi connectivity index (χ2n) is 5.92. The van der Waals surface area contributed by atoms with Gasteiger partial charge in [-0.1, -0.05) is 23.4 Å². The summed E-state index contributed by atoms with van der Waals surface area (Å²) in [5.41, 5.74) is 1.16. The zero-order valence-corrected chi connectivity index (χ0v) is 14.3. The number of carbonyl (C=O) groups is 1. The van der Waals surface area contributed by atoms with Crippen LogP contribution in [0.3, 0.4) is 0 Å². The van der Waals surface area contributed by atoms with Crippen molar-refractivity contribution in [3.63, 3.8) is 0 Å². The molecule has 3 rings (SSSR count). The van der Waals surface area contributed by atoms with Crippen LogP contribution in [0.5, 0.6) is 0 Å². The minimum atomic E-state index is -3.70. The van der Waals surface area contributed by atoms with Crippen molar-refractivity contribution in [1.82, 2.24) is 9.88 Å². The maximum atomic E-state index is 12.4. The molecular formula is C16H19N3O4S. The van der Waals surface area contributed by atoms with E-state index in [1.165, 1.54) is 0 Å². The molecule has 1 saturated heterocycles. The first-order chi connectivity index (χ1) is 11.4. The number of hydrogen-bond donors (Lipinski definition) is 1. The van der Waals surface area contributed by atoms with E-state index in [0.717, 1.165) is 5.69 Å². The summed E-state index contributed by atoms with van der Waals surface area (Å²) in [4.78, 5) is 13.9. The highest BCUT2D eigenvalue weighted by Gasteiger charge is 2.32. The SMILES string of the molecule is Cc1noc(C)c1S(=O)(=O)NCC1CC(=O)N(c2ccccc2)C1. The molecule has 1 N–H and O–H groups in total. The van der Waals surface area contributed by atoms with Gasteiger partial charge in [-0.2, -0.15) is 0 Å². The van der Waals surface area contributed by atoms with Crippen LogP contribution < -0.4 is 9.62 Å². The standard InChI is InChI=1S/C16H19N3O4S/c1-11-16(12(2)23-18-11)24(21,22)17-9-13-8-15(20)19(10-13)14-6-4-3-5-7-14/h3-7,13,17H,8-10H2,1-2H3. The summed E-state index contributed by atoms with van der Waals surface area (Å²) in [7, 11) is -3.70. The Kier molecular flexibility index (Phi) is 4.42. The lowest BCUT2D eigenvalue weighted by molar-refractivity contribution is -0.117. The van der Waals surface area contributed by atoms with E-state index in [9.17, 15) is 13.2 Å². The number of nitrogens with zero attached hydrogens (tertiary/aromatic N) is 2. The Morgan fingerprint density at radius 1 is 1.29 bits per heavy atom. The van der Waals surface area contributed by atoms with Crippen molar-refractivity contribution < 1.29 is 17.7 Å². The molecule has 128 valence electrons. The highest BCUT2D eigenvalue weighted by molar-refractivity contribution is 7.89. The van der Waals surface area contributed by atoms with Crippen molar-refractivity contribution in [2.45, 2.75) is 25.2 Å². The van der Waals surface area contributed by atoms with Crippen LogP contribution in [0.15, 0.2) is 39.8 Å². The number of hydrogen-bond acceptors (Lipinski definition) is 5. The van der Waals surface area contributed by atoms with E-state index in [4.69, 9.17) is 4.52 Å². The number of anilines is 1. The maximum Gasteiger partial charge on any atom is 0.245 e. The summed E-state index contributed by atoms with van der Waals surface area (Å²) in [5.74, 6) is 0.184. The van der Waals surface area contributed by atoms with Crippen LogP contribution in [-0.4, -0.2) is 32.6 Å². The topological polar surface area (TPSA) is 92.5 Å². The Balaban J connectivity index is 1.67. The van der Waals surface area contributed by atoms with E-state index in [1.54, 1.807) is 18.7 Å². The number of aromatic nitrogens is 1. The normalized spacial score (nSPS) is 18.3. The summed E-state index contributed by atoms with van der Waals surface area (Å²) in [6, 6.07) is 9.37. The fourth-order valence-electron chi connectivity index (χ4n) is 2.93. The number of aryl methyl sites for hydroxylation is 2. The van der Waals surface area contributed by atoms with Crippen LogP contribution in [-0.2, 0) is 14.8 Å². The summed E-state index contributed by atoms with van der Waals surface area (Å²) in [6.45, 7) is 3.83. The average molecular weight is 349 g/mol. The van der Waals surface area contributed by atoms with Gasteiger partial charge in [0.15, 0.2) is 5.76 Å². The van der Waals surface area contributed by atoms with E-state index in [1.807, 2.05) is 30.3 Å². The molecule has 1 amide bonds. The van der Waals surface area contributed by atoms with E-state index in [0.29, 0.717) is 18.7 Å². The Morgan fingerprint density at radius 2 is 2.00 bits per heavy atom. The Bertz CT molecular complexity index is 826. The highest BCUT2D eigenvalue weighted by atomic mass is 32.2. The summed E-state index contributed by atoms with van der Waals surface area (Å²) in [5, 5.41) is 3.67. The second-order valence-corrected chi connectivity index (χ2v) is 7.62. The molecule has 1 unspecified atom stereocenters. The van der Waals surface area contributed by atoms with Crippen molar-refractivity contribution in [2.75, 3.05) is 18.0 Å². The number of para-hydroxylation sites is 1. The Morgan fingerprint density at radius 3 is 2.62 bits per heavy atom. The molecule has 1 atom stereocenters. The monoisotopic (exact) mass is 349 g/mol. The lowest BCUT2D eigenvalue weighted by atomic mass is 10.1. The Labute approximate surface area is 140 Å². The molecule has 1 fully saturated rings. The minimum absolute atomic E-state index is 0.00253. The fourth-order valence-corrected chi connectivity index (χ4v) is 4.38. The van der Waals surface area contributed by atoms with Crippen LogP contribution >= 0.6 is 0 Å². The molecular weight excluding hydrogens is 330 g/mol. The van der Waals surface area contributed by atoms with Gasteiger partial charge in [-0.3, -0.25) is 4.79 Å². The molecule has 8 heteroatoms. The number of rotatable bonds is 5. The molecule has 2 heterocycles. The van der Waals surface area contributed by atoms with Gasteiger partial charge < -0.3 is 9.42 Å².